The molecule has 102 valence electrons. The molecule has 1 unspecified atom stereocenters. The van der Waals surface area contributed by atoms with E-state index in [1.807, 2.05) is 0 Å². The summed E-state index contributed by atoms with van der Waals surface area (Å²) in [5.41, 5.74) is 6.29. The molecule has 0 saturated heterocycles. The van der Waals surface area contributed by atoms with Crippen LogP contribution in [0, 0.1) is 5.82 Å². The number of rotatable bonds is 6. The van der Waals surface area contributed by atoms with Gasteiger partial charge in [-0.25, -0.2) is 12.8 Å². The van der Waals surface area contributed by atoms with E-state index >= 15 is 0 Å². The summed E-state index contributed by atoms with van der Waals surface area (Å²) >= 11 is 0. The Morgan fingerprint density at radius 1 is 1.44 bits per heavy atom. The van der Waals surface area contributed by atoms with Crippen molar-refractivity contribution in [3.05, 3.63) is 29.6 Å². The predicted octanol–water partition coefficient (Wildman–Crippen LogP) is 1.66. The molecular weight excluding hydrogens is 257 g/mol. The Morgan fingerprint density at radius 3 is 2.61 bits per heavy atom. The smallest absolute Gasteiger partial charge is 0.165 e. The monoisotopic (exact) mass is 275 g/mol. The molecule has 0 bridgehead atoms. The first-order valence-corrected chi connectivity index (χ1v) is 7.56. The number of ether oxygens (including phenoxy) is 1. The fourth-order valence-electron chi connectivity index (χ4n) is 1.34. The molecule has 6 heteroatoms. The number of hydrogen-bond donors (Lipinski definition) is 1. The molecule has 1 aromatic rings. The van der Waals surface area contributed by atoms with Gasteiger partial charge in [0.15, 0.2) is 21.4 Å². The maximum absolute atomic E-state index is 13.6. The molecule has 0 aliphatic carbocycles. The summed E-state index contributed by atoms with van der Waals surface area (Å²) in [6.45, 7) is 3.26. The number of halogens is 1. The van der Waals surface area contributed by atoms with Crippen molar-refractivity contribution in [1.29, 1.82) is 0 Å². The minimum atomic E-state index is -3.09. The van der Waals surface area contributed by atoms with Crippen LogP contribution in [0.3, 0.4) is 0 Å². The summed E-state index contributed by atoms with van der Waals surface area (Å²) < 4.78 is 41.2. The average Bonchev–Trinajstić information content (AvgIpc) is 2.31. The number of hydrogen-bond acceptors (Lipinski definition) is 4. The summed E-state index contributed by atoms with van der Waals surface area (Å²) in [6.07, 6.45) is 0. The molecule has 0 saturated carbocycles. The Balaban J connectivity index is 2.64. The molecule has 0 spiro atoms. The van der Waals surface area contributed by atoms with Crippen molar-refractivity contribution < 1.29 is 17.5 Å². The first-order chi connectivity index (χ1) is 8.35. The average molecular weight is 275 g/mol. The van der Waals surface area contributed by atoms with Gasteiger partial charge in [-0.2, -0.15) is 0 Å². The second kappa shape index (κ2) is 6.15. The standard InChI is InChI=1S/C12H18FNO3S/c1-3-18(15,16)7-6-17-12-5-4-10(9(2)14)8-11(12)13/h4-5,8-9H,3,6-7,14H2,1-2H3. The van der Waals surface area contributed by atoms with E-state index in [9.17, 15) is 12.8 Å². The zero-order valence-electron chi connectivity index (χ0n) is 10.5. The van der Waals surface area contributed by atoms with Crippen molar-refractivity contribution in [2.24, 2.45) is 5.73 Å². The van der Waals surface area contributed by atoms with Crippen LogP contribution in [-0.4, -0.2) is 26.5 Å². The van der Waals surface area contributed by atoms with E-state index in [1.54, 1.807) is 19.9 Å². The van der Waals surface area contributed by atoms with Gasteiger partial charge in [-0.3, -0.25) is 0 Å². The zero-order chi connectivity index (χ0) is 13.8. The molecule has 0 amide bonds. The third-order valence-electron chi connectivity index (χ3n) is 2.57. The van der Waals surface area contributed by atoms with Gasteiger partial charge >= 0.3 is 0 Å². The predicted molar refractivity (Wildman–Crippen MR) is 68.8 cm³/mol. The van der Waals surface area contributed by atoms with Crippen LogP contribution >= 0.6 is 0 Å². The van der Waals surface area contributed by atoms with E-state index in [2.05, 4.69) is 0 Å². The molecule has 0 aromatic heterocycles. The van der Waals surface area contributed by atoms with Gasteiger partial charge in [-0.1, -0.05) is 13.0 Å². The summed E-state index contributed by atoms with van der Waals surface area (Å²) in [5.74, 6) is -0.537. The lowest BCUT2D eigenvalue weighted by Crippen LogP contribution is -2.16. The summed E-state index contributed by atoms with van der Waals surface area (Å²) in [5, 5.41) is 0. The van der Waals surface area contributed by atoms with Gasteiger partial charge in [-0.15, -0.1) is 0 Å². The topological polar surface area (TPSA) is 69.4 Å². The van der Waals surface area contributed by atoms with E-state index in [-0.39, 0.29) is 29.9 Å². The molecule has 0 aliphatic heterocycles. The van der Waals surface area contributed by atoms with Crippen molar-refractivity contribution in [2.45, 2.75) is 19.9 Å². The second-order valence-electron chi connectivity index (χ2n) is 4.06. The molecule has 4 nitrogen and oxygen atoms in total. The van der Waals surface area contributed by atoms with Crippen LogP contribution in [0.25, 0.3) is 0 Å². The van der Waals surface area contributed by atoms with Crippen molar-refractivity contribution >= 4 is 9.84 Å². The third-order valence-corrected chi connectivity index (χ3v) is 4.24. The van der Waals surface area contributed by atoms with E-state index in [1.165, 1.54) is 12.1 Å². The highest BCUT2D eigenvalue weighted by Crippen LogP contribution is 2.21. The highest BCUT2D eigenvalue weighted by Gasteiger charge is 2.10. The van der Waals surface area contributed by atoms with Crippen LogP contribution in [-0.2, 0) is 9.84 Å². The quantitative estimate of drug-likeness (QED) is 0.857. The molecule has 2 N–H and O–H groups in total. The number of benzene rings is 1. The van der Waals surface area contributed by atoms with Crippen molar-refractivity contribution in [1.82, 2.24) is 0 Å². The number of nitrogens with two attached hydrogens (primary N) is 1. The van der Waals surface area contributed by atoms with Crippen LogP contribution in [0.1, 0.15) is 25.5 Å². The zero-order valence-corrected chi connectivity index (χ0v) is 11.3. The molecule has 0 radical (unpaired) electrons. The van der Waals surface area contributed by atoms with Crippen molar-refractivity contribution in [3.8, 4) is 5.75 Å². The van der Waals surface area contributed by atoms with Crippen LogP contribution in [0.5, 0.6) is 5.75 Å². The van der Waals surface area contributed by atoms with Crippen LogP contribution in [0.15, 0.2) is 18.2 Å². The van der Waals surface area contributed by atoms with Crippen molar-refractivity contribution in [2.75, 3.05) is 18.1 Å². The Morgan fingerprint density at radius 2 is 2.11 bits per heavy atom. The van der Waals surface area contributed by atoms with Gasteiger partial charge in [0.25, 0.3) is 0 Å². The minimum absolute atomic E-state index is 0.0469. The minimum Gasteiger partial charge on any atom is -0.489 e. The van der Waals surface area contributed by atoms with Crippen LogP contribution in [0.2, 0.25) is 0 Å². The maximum Gasteiger partial charge on any atom is 0.165 e. The summed E-state index contributed by atoms with van der Waals surface area (Å²) in [4.78, 5) is 0. The Labute approximate surface area is 107 Å². The third kappa shape index (κ3) is 4.27. The molecule has 0 fully saturated rings. The largest absolute Gasteiger partial charge is 0.489 e. The summed E-state index contributed by atoms with van der Waals surface area (Å²) in [6, 6.07) is 4.17. The number of sulfone groups is 1. The van der Waals surface area contributed by atoms with Crippen LogP contribution < -0.4 is 10.5 Å². The van der Waals surface area contributed by atoms with E-state index in [4.69, 9.17) is 10.5 Å². The van der Waals surface area contributed by atoms with E-state index in [0.717, 1.165) is 0 Å². The lowest BCUT2D eigenvalue weighted by molar-refractivity contribution is 0.322. The fraction of sp³-hybridized carbons (Fsp3) is 0.500. The van der Waals surface area contributed by atoms with E-state index in [0.29, 0.717) is 5.56 Å². The Hall–Kier alpha value is -1.14. The second-order valence-corrected chi connectivity index (χ2v) is 6.54. The highest BCUT2D eigenvalue weighted by atomic mass is 32.2. The molecular formula is C12H18FNO3S. The first-order valence-electron chi connectivity index (χ1n) is 5.74. The first kappa shape index (κ1) is 14.9. The molecule has 0 aliphatic rings. The van der Waals surface area contributed by atoms with Gasteiger partial charge in [0.05, 0.1) is 5.75 Å². The van der Waals surface area contributed by atoms with Gasteiger partial charge in [0.1, 0.15) is 6.61 Å². The molecule has 1 aromatic carbocycles. The lowest BCUT2D eigenvalue weighted by Gasteiger charge is -2.10. The molecule has 1 atom stereocenters. The van der Waals surface area contributed by atoms with Gasteiger partial charge < -0.3 is 10.5 Å². The molecule has 18 heavy (non-hydrogen) atoms. The van der Waals surface area contributed by atoms with Gasteiger partial charge in [-0.05, 0) is 24.6 Å². The molecule has 1 rings (SSSR count). The summed E-state index contributed by atoms with van der Waals surface area (Å²) in [7, 11) is -3.09. The Kier molecular flexibility index (Phi) is 5.10. The van der Waals surface area contributed by atoms with Gasteiger partial charge in [0, 0.05) is 11.8 Å². The maximum atomic E-state index is 13.6. The fourth-order valence-corrected chi connectivity index (χ4v) is 1.97. The lowest BCUT2D eigenvalue weighted by atomic mass is 10.1. The normalized spacial score (nSPS) is 13.3. The SMILES string of the molecule is CCS(=O)(=O)CCOc1ccc(C(C)N)cc1F. The molecule has 0 heterocycles. The van der Waals surface area contributed by atoms with Crippen molar-refractivity contribution in [3.63, 3.8) is 0 Å². The van der Waals surface area contributed by atoms with Gasteiger partial charge in [0.2, 0.25) is 0 Å². The highest BCUT2D eigenvalue weighted by molar-refractivity contribution is 7.91. The Bertz CT molecular complexity index is 500. The van der Waals surface area contributed by atoms with E-state index < -0.39 is 15.7 Å². The van der Waals surface area contributed by atoms with Crippen LogP contribution in [0.4, 0.5) is 4.39 Å².